The van der Waals surface area contributed by atoms with Crippen LogP contribution in [0.2, 0.25) is 0 Å². The van der Waals surface area contributed by atoms with E-state index in [1.165, 1.54) is 5.56 Å². The molecular weight excluding hydrogens is 352 g/mol. The van der Waals surface area contributed by atoms with Gasteiger partial charge in [0.05, 0.1) is 17.4 Å². The number of hydrogen-bond acceptors (Lipinski definition) is 2. The Morgan fingerprint density at radius 1 is 0.926 bits per heavy atom. The highest BCUT2D eigenvalue weighted by atomic mass is 32.2. The number of nitrogens with one attached hydrogen (secondary N) is 1. The third-order valence-corrected chi connectivity index (χ3v) is 5.95. The number of rotatable bonds is 3. The number of benzene rings is 3. The first-order chi connectivity index (χ1) is 13.2. The van der Waals surface area contributed by atoms with Crippen LogP contribution in [0, 0.1) is 6.92 Å². The van der Waals surface area contributed by atoms with E-state index in [9.17, 15) is 4.79 Å². The maximum atomic E-state index is 13.3. The van der Waals surface area contributed by atoms with E-state index in [4.69, 9.17) is 0 Å². The monoisotopic (exact) mass is 374 g/mol. The molecule has 1 aliphatic rings. The van der Waals surface area contributed by atoms with Crippen molar-refractivity contribution in [2.24, 2.45) is 0 Å². The summed E-state index contributed by atoms with van der Waals surface area (Å²) in [5.41, 5.74) is 4.20. The standard InChI is InChI=1S/C23H22N2OS/c1-3-18(17-14-12-16(2)13-15-17)24-23(26)25-19-8-4-6-10-21(19)27-22-11-7-5-9-20(22)25/h4-15,18H,3H2,1-2H3,(H,24,26)/t18-/m0/s1. The van der Waals surface area contributed by atoms with E-state index in [0.29, 0.717) is 0 Å². The molecule has 3 aromatic rings. The molecule has 0 spiro atoms. The van der Waals surface area contributed by atoms with Gasteiger partial charge in [-0.25, -0.2) is 4.79 Å². The first-order valence-corrected chi connectivity index (χ1v) is 10.0. The fraction of sp³-hybridized carbons (Fsp3) is 0.174. The molecule has 2 amide bonds. The Morgan fingerprint density at radius 3 is 2.04 bits per heavy atom. The summed E-state index contributed by atoms with van der Waals surface area (Å²) >= 11 is 1.70. The molecule has 0 saturated heterocycles. The summed E-state index contributed by atoms with van der Waals surface area (Å²) in [4.78, 5) is 17.3. The quantitative estimate of drug-likeness (QED) is 0.571. The number of para-hydroxylation sites is 2. The molecule has 4 heteroatoms. The second-order valence-corrected chi connectivity index (χ2v) is 7.78. The van der Waals surface area contributed by atoms with Gasteiger partial charge in [0, 0.05) is 9.79 Å². The van der Waals surface area contributed by atoms with Crippen LogP contribution in [0.5, 0.6) is 0 Å². The van der Waals surface area contributed by atoms with Crippen LogP contribution >= 0.6 is 11.8 Å². The van der Waals surface area contributed by atoms with E-state index in [2.05, 4.69) is 55.6 Å². The van der Waals surface area contributed by atoms with Crippen molar-refractivity contribution in [1.82, 2.24) is 5.32 Å². The second kappa shape index (κ2) is 7.49. The number of fused-ring (bicyclic) bond motifs is 2. The number of hydrogen-bond donors (Lipinski definition) is 1. The lowest BCUT2D eigenvalue weighted by Gasteiger charge is -2.32. The van der Waals surface area contributed by atoms with Gasteiger partial charge in [0.25, 0.3) is 0 Å². The van der Waals surface area contributed by atoms with Gasteiger partial charge in [0.1, 0.15) is 0 Å². The molecule has 0 unspecified atom stereocenters. The van der Waals surface area contributed by atoms with Gasteiger partial charge in [0.2, 0.25) is 0 Å². The number of nitrogens with zero attached hydrogens (tertiary/aromatic N) is 1. The maximum Gasteiger partial charge on any atom is 0.327 e. The topological polar surface area (TPSA) is 32.3 Å². The minimum Gasteiger partial charge on any atom is -0.331 e. The van der Waals surface area contributed by atoms with Crippen molar-refractivity contribution < 1.29 is 4.79 Å². The maximum absolute atomic E-state index is 13.3. The van der Waals surface area contributed by atoms with Crippen molar-refractivity contribution in [2.45, 2.75) is 36.1 Å². The Kier molecular flexibility index (Phi) is 4.90. The predicted octanol–water partition coefficient (Wildman–Crippen LogP) is 6.46. The summed E-state index contributed by atoms with van der Waals surface area (Å²) in [6.45, 7) is 4.17. The number of carbonyl (C=O) groups is 1. The van der Waals surface area contributed by atoms with Crippen molar-refractivity contribution in [3.8, 4) is 0 Å². The zero-order chi connectivity index (χ0) is 18.8. The predicted molar refractivity (Wildman–Crippen MR) is 112 cm³/mol. The highest BCUT2D eigenvalue weighted by Crippen LogP contribution is 2.47. The van der Waals surface area contributed by atoms with Gasteiger partial charge >= 0.3 is 6.03 Å². The van der Waals surface area contributed by atoms with Crippen molar-refractivity contribution in [1.29, 1.82) is 0 Å². The van der Waals surface area contributed by atoms with Gasteiger partial charge in [-0.3, -0.25) is 4.90 Å². The van der Waals surface area contributed by atoms with Crippen LogP contribution in [-0.2, 0) is 0 Å². The van der Waals surface area contributed by atoms with E-state index >= 15 is 0 Å². The van der Waals surface area contributed by atoms with Gasteiger partial charge in [0.15, 0.2) is 0 Å². The molecule has 1 heterocycles. The van der Waals surface area contributed by atoms with E-state index in [1.807, 2.05) is 36.4 Å². The Labute approximate surface area is 164 Å². The van der Waals surface area contributed by atoms with Crippen molar-refractivity contribution in [2.75, 3.05) is 4.90 Å². The Balaban J connectivity index is 1.68. The average Bonchev–Trinajstić information content (AvgIpc) is 2.70. The molecule has 0 radical (unpaired) electrons. The molecule has 3 aromatic carbocycles. The number of anilines is 2. The molecule has 27 heavy (non-hydrogen) atoms. The fourth-order valence-corrected chi connectivity index (χ4v) is 4.41. The molecule has 1 atom stereocenters. The molecular formula is C23H22N2OS. The number of aryl methyl sites for hydroxylation is 1. The summed E-state index contributed by atoms with van der Waals surface area (Å²) in [7, 11) is 0. The van der Waals surface area contributed by atoms with Gasteiger partial charge in [-0.2, -0.15) is 0 Å². The van der Waals surface area contributed by atoms with Gasteiger partial charge < -0.3 is 5.32 Å². The van der Waals surface area contributed by atoms with E-state index < -0.39 is 0 Å². The normalized spacial score (nSPS) is 13.5. The van der Waals surface area contributed by atoms with E-state index in [1.54, 1.807) is 16.7 Å². The Hall–Kier alpha value is -2.72. The largest absolute Gasteiger partial charge is 0.331 e. The zero-order valence-electron chi connectivity index (χ0n) is 15.5. The second-order valence-electron chi connectivity index (χ2n) is 6.69. The number of amides is 2. The lowest BCUT2D eigenvalue weighted by atomic mass is 10.0. The van der Waals surface area contributed by atoms with Crippen LogP contribution in [-0.4, -0.2) is 6.03 Å². The minimum absolute atomic E-state index is 0.0213. The van der Waals surface area contributed by atoms with Gasteiger partial charge in [-0.05, 0) is 43.2 Å². The first-order valence-electron chi connectivity index (χ1n) is 9.20. The lowest BCUT2D eigenvalue weighted by molar-refractivity contribution is 0.244. The van der Waals surface area contributed by atoms with Crippen LogP contribution in [0.3, 0.4) is 0 Å². The Morgan fingerprint density at radius 2 is 1.48 bits per heavy atom. The summed E-state index contributed by atoms with van der Waals surface area (Å²) in [5, 5.41) is 3.23. The molecule has 4 rings (SSSR count). The molecule has 136 valence electrons. The molecule has 0 aliphatic carbocycles. The highest BCUT2D eigenvalue weighted by molar-refractivity contribution is 7.99. The average molecular weight is 375 g/mol. The van der Waals surface area contributed by atoms with Crippen LogP contribution in [0.1, 0.15) is 30.5 Å². The lowest BCUT2D eigenvalue weighted by Crippen LogP contribution is -2.40. The van der Waals surface area contributed by atoms with Gasteiger partial charge in [-0.1, -0.05) is 72.8 Å². The van der Waals surface area contributed by atoms with Crippen LogP contribution in [0.15, 0.2) is 82.6 Å². The first kappa shape index (κ1) is 17.7. The van der Waals surface area contributed by atoms with Gasteiger partial charge in [-0.15, -0.1) is 0 Å². The van der Waals surface area contributed by atoms with Crippen molar-refractivity contribution in [3.05, 3.63) is 83.9 Å². The highest BCUT2D eigenvalue weighted by Gasteiger charge is 2.29. The Bertz CT molecular complexity index is 923. The fourth-order valence-electron chi connectivity index (χ4n) is 3.36. The molecule has 0 fully saturated rings. The summed E-state index contributed by atoms with van der Waals surface area (Å²) in [6, 6.07) is 24.4. The molecule has 1 aliphatic heterocycles. The van der Waals surface area contributed by atoms with E-state index in [-0.39, 0.29) is 12.1 Å². The third kappa shape index (κ3) is 3.45. The summed E-state index contributed by atoms with van der Waals surface area (Å²) < 4.78 is 0. The summed E-state index contributed by atoms with van der Waals surface area (Å²) in [6.07, 6.45) is 0.834. The molecule has 0 bridgehead atoms. The molecule has 0 aromatic heterocycles. The smallest absolute Gasteiger partial charge is 0.327 e. The third-order valence-electron chi connectivity index (χ3n) is 4.82. The SMILES string of the molecule is CC[C@H](NC(=O)N1c2ccccc2Sc2ccccc21)c1ccc(C)cc1. The van der Waals surface area contributed by atoms with Crippen LogP contribution in [0.25, 0.3) is 0 Å². The minimum atomic E-state index is -0.0948. The number of urea groups is 1. The molecule has 3 nitrogen and oxygen atoms in total. The summed E-state index contributed by atoms with van der Waals surface area (Å²) in [5.74, 6) is 0. The van der Waals surface area contributed by atoms with Crippen molar-refractivity contribution in [3.63, 3.8) is 0 Å². The van der Waals surface area contributed by atoms with Crippen molar-refractivity contribution >= 4 is 29.2 Å². The number of carbonyl (C=O) groups excluding carboxylic acids is 1. The molecule has 1 N–H and O–H groups in total. The van der Waals surface area contributed by atoms with E-state index in [0.717, 1.165) is 33.2 Å². The van der Waals surface area contributed by atoms with Crippen LogP contribution < -0.4 is 10.2 Å². The van der Waals surface area contributed by atoms with Crippen LogP contribution in [0.4, 0.5) is 16.2 Å². The zero-order valence-corrected chi connectivity index (χ0v) is 16.3. The molecule has 0 saturated carbocycles.